The smallest absolute Gasteiger partial charge is 0.319 e. The predicted octanol–water partition coefficient (Wildman–Crippen LogP) is 1.23. The fourth-order valence-electron chi connectivity index (χ4n) is 1.08. The van der Waals surface area contributed by atoms with E-state index in [1.54, 1.807) is 0 Å². The van der Waals surface area contributed by atoms with Gasteiger partial charge in [-0.1, -0.05) is 18.2 Å². The highest BCUT2D eigenvalue weighted by Crippen LogP contribution is 2.17. The molecule has 0 radical (unpaired) electrons. The molecule has 0 atom stereocenters. The van der Waals surface area contributed by atoms with Crippen molar-refractivity contribution < 1.29 is 9.32 Å². The Morgan fingerprint density at radius 3 is 2.73 bits per heavy atom. The Morgan fingerprint density at radius 2 is 2.07 bits per heavy atom. The number of aromatic nitrogens is 2. The van der Waals surface area contributed by atoms with Gasteiger partial charge in [-0.2, -0.15) is 4.98 Å². The predicted molar refractivity (Wildman–Crippen MR) is 52.9 cm³/mol. The quantitative estimate of drug-likeness (QED) is 0.769. The number of nitrogens with two attached hydrogens (primary N) is 1. The normalized spacial score (nSPS) is 9.87. The number of nitrogens with zero attached hydrogens (tertiary/aromatic N) is 2. The number of nitrogens with one attached hydrogen (secondary N) is 1. The molecule has 1 aromatic carbocycles. The summed E-state index contributed by atoms with van der Waals surface area (Å²) in [4.78, 5) is 14.4. The molecule has 0 spiro atoms. The molecule has 1 heterocycles. The molecule has 0 fully saturated rings. The Kier molecular flexibility index (Phi) is 2.32. The Morgan fingerprint density at radius 1 is 1.33 bits per heavy atom. The zero-order valence-corrected chi connectivity index (χ0v) is 7.68. The Labute approximate surface area is 85.1 Å². The Hall–Kier alpha value is -2.37. The van der Waals surface area contributed by atoms with Crippen molar-refractivity contribution in [1.29, 1.82) is 0 Å². The van der Waals surface area contributed by atoms with Gasteiger partial charge in [-0.15, -0.1) is 0 Å². The summed E-state index contributed by atoms with van der Waals surface area (Å²) >= 11 is 0. The summed E-state index contributed by atoms with van der Waals surface area (Å²) in [6.07, 6.45) is 0. The van der Waals surface area contributed by atoms with E-state index in [9.17, 15) is 4.79 Å². The zero-order valence-electron chi connectivity index (χ0n) is 7.68. The lowest BCUT2D eigenvalue weighted by atomic mass is 10.2. The van der Waals surface area contributed by atoms with Gasteiger partial charge in [0, 0.05) is 5.56 Å². The van der Waals surface area contributed by atoms with Crippen LogP contribution in [0.5, 0.6) is 0 Å². The van der Waals surface area contributed by atoms with Gasteiger partial charge >= 0.3 is 6.03 Å². The van der Waals surface area contributed by atoms with Crippen LogP contribution in [0.1, 0.15) is 0 Å². The average molecular weight is 204 g/mol. The molecule has 1 aromatic heterocycles. The van der Waals surface area contributed by atoms with Crippen molar-refractivity contribution in [3.05, 3.63) is 30.3 Å². The minimum atomic E-state index is -0.726. The number of hydrogen-bond acceptors (Lipinski definition) is 4. The van der Waals surface area contributed by atoms with E-state index in [-0.39, 0.29) is 5.95 Å². The van der Waals surface area contributed by atoms with Gasteiger partial charge in [0.1, 0.15) is 0 Å². The van der Waals surface area contributed by atoms with Crippen LogP contribution in [0.15, 0.2) is 34.9 Å². The van der Waals surface area contributed by atoms with Crippen molar-refractivity contribution in [2.45, 2.75) is 0 Å². The number of amides is 2. The first kappa shape index (κ1) is 9.20. The van der Waals surface area contributed by atoms with Gasteiger partial charge in [0.15, 0.2) is 0 Å². The van der Waals surface area contributed by atoms with E-state index in [1.807, 2.05) is 30.3 Å². The molecule has 0 unspecified atom stereocenters. The molecule has 0 aliphatic heterocycles. The maximum Gasteiger partial charge on any atom is 0.319 e. The van der Waals surface area contributed by atoms with Crippen molar-refractivity contribution in [2.75, 3.05) is 5.32 Å². The first-order valence-corrected chi connectivity index (χ1v) is 4.21. The summed E-state index contributed by atoms with van der Waals surface area (Å²) in [5.41, 5.74) is 5.68. The number of urea groups is 1. The van der Waals surface area contributed by atoms with E-state index in [2.05, 4.69) is 15.5 Å². The van der Waals surface area contributed by atoms with Crippen LogP contribution in [0, 0.1) is 0 Å². The molecule has 76 valence electrons. The molecule has 0 bridgehead atoms. The molecule has 15 heavy (non-hydrogen) atoms. The monoisotopic (exact) mass is 204 g/mol. The van der Waals surface area contributed by atoms with Gasteiger partial charge in [-0.25, -0.2) is 4.79 Å². The fourth-order valence-corrected chi connectivity index (χ4v) is 1.08. The van der Waals surface area contributed by atoms with Gasteiger partial charge in [0.25, 0.3) is 11.8 Å². The highest BCUT2D eigenvalue weighted by molar-refractivity contribution is 5.85. The number of carbonyl (C=O) groups excluding carboxylic acids is 1. The molecule has 6 nitrogen and oxygen atoms in total. The van der Waals surface area contributed by atoms with Crippen LogP contribution in [-0.2, 0) is 0 Å². The van der Waals surface area contributed by atoms with Gasteiger partial charge in [0.2, 0.25) is 0 Å². The number of hydrogen-bond donors (Lipinski definition) is 2. The third kappa shape index (κ3) is 2.11. The molecule has 2 amide bonds. The topological polar surface area (TPSA) is 94.0 Å². The van der Waals surface area contributed by atoms with Crippen LogP contribution in [0.3, 0.4) is 0 Å². The molecule has 0 aliphatic carbocycles. The van der Waals surface area contributed by atoms with E-state index in [0.29, 0.717) is 5.89 Å². The highest BCUT2D eigenvalue weighted by Gasteiger charge is 2.08. The Bertz CT molecular complexity index is 466. The van der Waals surface area contributed by atoms with E-state index in [4.69, 9.17) is 10.3 Å². The van der Waals surface area contributed by atoms with Crippen molar-refractivity contribution >= 4 is 12.0 Å². The number of anilines is 1. The minimum absolute atomic E-state index is 0.0568. The number of benzene rings is 1. The summed E-state index contributed by atoms with van der Waals surface area (Å²) < 4.78 is 4.92. The summed E-state index contributed by atoms with van der Waals surface area (Å²) in [5.74, 6) is 0.390. The maximum absolute atomic E-state index is 10.5. The summed E-state index contributed by atoms with van der Waals surface area (Å²) in [6, 6.07) is 8.49. The van der Waals surface area contributed by atoms with Gasteiger partial charge < -0.3 is 10.3 Å². The molecular formula is C9H8N4O2. The second-order valence-electron chi connectivity index (χ2n) is 2.78. The highest BCUT2D eigenvalue weighted by atomic mass is 16.5. The largest absolute Gasteiger partial charge is 0.351 e. The lowest BCUT2D eigenvalue weighted by molar-refractivity contribution is 0.259. The lowest BCUT2D eigenvalue weighted by Crippen LogP contribution is -2.19. The van der Waals surface area contributed by atoms with Crippen LogP contribution in [0.4, 0.5) is 10.7 Å². The molecule has 0 aliphatic rings. The molecule has 0 saturated carbocycles. The van der Waals surface area contributed by atoms with Crippen LogP contribution in [-0.4, -0.2) is 16.2 Å². The number of rotatable bonds is 2. The molecule has 6 heteroatoms. The van der Waals surface area contributed by atoms with Crippen LogP contribution in [0.25, 0.3) is 11.5 Å². The molecule has 2 rings (SSSR count). The van der Waals surface area contributed by atoms with Gasteiger partial charge in [-0.05, 0) is 17.3 Å². The first-order valence-electron chi connectivity index (χ1n) is 4.21. The van der Waals surface area contributed by atoms with Gasteiger partial charge in [-0.3, -0.25) is 5.32 Å². The average Bonchev–Trinajstić information content (AvgIpc) is 2.67. The van der Waals surface area contributed by atoms with Crippen molar-refractivity contribution in [3.8, 4) is 11.5 Å². The summed E-state index contributed by atoms with van der Waals surface area (Å²) in [5, 5.41) is 5.75. The summed E-state index contributed by atoms with van der Waals surface area (Å²) in [7, 11) is 0. The van der Waals surface area contributed by atoms with Crippen LogP contribution >= 0.6 is 0 Å². The maximum atomic E-state index is 10.5. The van der Waals surface area contributed by atoms with Gasteiger partial charge in [0.05, 0.1) is 0 Å². The van der Waals surface area contributed by atoms with Crippen molar-refractivity contribution in [1.82, 2.24) is 10.1 Å². The first-order chi connectivity index (χ1) is 7.25. The third-order valence-corrected chi connectivity index (χ3v) is 1.68. The third-order valence-electron chi connectivity index (χ3n) is 1.68. The van der Waals surface area contributed by atoms with E-state index >= 15 is 0 Å². The van der Waals surface area contributed by atoms with E-state index in [1.165, 1.54) is 0 Å². The number of primary amides is 1. The van der Waals surface area contributed by atoms with E-state index in [0.717, 1.165) is 5.56 Å². The zero-order chi connectivity index (χ0) is 10.7. The molecule has 2 aromatic rings. The second-order valence-corrected chi connectivity index (χ2v) is 2.78. The SMILES string of the molecule is NC(=O)Nc1noc(-c2ccccc2)n1. The van der Waals surface area contributed by atoms with E-state index < -0.39 is 6.03 Å². The van der Waals surface area contributed by atoms with Crippen molar-refractivity contribution in [2.24, 2.45) is 5.73 Å². The molecule has 0 saturated heterocycles. The Balaban J connectivity index is 2.24. The lowest BCUT2D eigenvalue weighted by Gasteiger charge is -1.91. The second kappa shape index (κ2) is 3.79. The van der Waals surface area contributed by atoms with Crippen LogP contribution in [0.2, 0.25) is 0 Å². The minimum Gasteiger partial charge on any atom is -0.351 e. The standard InChI is InChI=1S/C9H8N4O2/c10-8(14)12-9-11-7(15-13-9)6-4-2-1-3-5-6/h1-5H,(H3,10,12,13,14). The van der Waals surface area contributed by atoms with Crippen molar-refractivity contribution in [3.63, 3.8) is 0 Å². The molecular weight excluding hydrogens is 196 g/mol. The number of carbonyl (C=O) groups is 1. The fraction of sp³-hybridized carbons (Fsp3) is 0. The van der Waals surface area contributed by atoms with Crippen LogP contribution < -0.4 is 11.1 Å². The molecule has 3 N–H and O–H groups in total. The summed E-state index contributed by atoms with van der Waals surface area (Å²) in [6.45, 7) is 0.